The fourth-order valence-corrected chi connectivity index (χ4v) is 7.31. The molecule has 4 heterocycles. The number of alkyl halides is 2. The summed E-state index contributed by atoms with van der Waals surface area (Å²) in [6.45, 7) is 5.07. The van der Waals surface area contributed by atoms with Crippen LogP contribution in [0.1, 0.15) is 38.1 Å². The highest BCUT2D eigenvalue weighted by Crippen LogP contribution is 2.40. The van der Waals surface area contributed by atoms with Gasteiger partial charge in [-0.15, -0.1) is 10.2 Å². The molecule has 2 fully saturated rings. The van der Waals surface area contributed by atoms with E-state index in [0.717, 1.165) is 12.8 Å². The van der Waals surface area contributed by atoms with Gasteiger partial charge in [0.1, 0.15) is 5.69 Å². The van der Waals surface area contributed by atoms with Crippen molar-refractivity contribution in [3.8, 4) is 10.7 Å². The first-order valence-electron chi connectivity index (χ1n) is 13.1. The van der Waals surface area contributed by atoms with Crippen molar-refractivity contribution in [3.63, 3.8) is 0 Å². The number of carbonyl (C=O) groups excluding carboxylic acids is 1. The predicted octanol–water partition coefficient (Wildman–Crippen LogP) is 3.36. The number of carbonyl (C=O) groups is 1. The van der Waals surface area contributed by atoms with Gasteiger partial charge in [0.2, 0.25) is 10.0 Å². The molecule has 0 bridgehead atoms. The second kappa shape index (κ2) is 9.80. The molecule has 4 aromatic rings. The summed E-state index contributed by atoms with van der Waals surface area (Å²) in [5.41, 5.74) is 1.29. The normalized spacial score (nSPS) is 19.0. The highest BCUT2D eigenvalue weighted by Gasteiger charge is 2.42. The number of sulfonamides is 1. The standard InChI is InChI=1S/C25H29F2N9O3S2/c1-14-13-34(9-10-35(14)24(37)33(3)4)17-12-15(41(38,39)32-25(2)6-7-25)11-16-19(22-30-31-23(40-22)21(26)27)29-18-5-8-28-36(18)20(16)17/h5,8,11-12,14,21,32H,6-7,9-10,13H2,1-4H3/t14-/m1/s1. The van der Waals surface area contributed by atoms with Crippen molar-refractivity contribution in [1.82, 2.24) is 39.3 Å². The number of benzene rings is 1. The van der Waals surface area contributed by atoms with Gasteiger partial charge in [0.15, 0.2) is 15.7 Å². The quantitative estimate of drug-likeness (QED) is 0.354. The SMILES string of the molecule is C[C@@H]1CN(c2cc(S(=O)(=O)NC3(C)CC3)cc3c(-c4nnc(C(F)F)s4)nc4ccnn4c23)CCN1C(=O)N(C)C. The molecule has 2 amide bonds. The summed E-state index contributed by atoms with van der Waals surface area (Å²) in [6.07, 6.45) is 0.224. The minimum atomic E-state index is -3.96. The van der Waals surface area contributed by atoms with Crippen LogP contribution in [0.4, 0.5) is 19.3 Å². The van der Waals surface area contributed by atoms with Crippen LogP contribution in [0.25, 0.3) is 27.3 Å². The monoisotopic (exact) mass is 605 g/mol. The fourth-order valence-electron chi connectivity index (χ4n) is 5.09. The Balaban J connectivity index is 1.57. The van der Waals surface area contributed by atoms with Crippen LogP contribution in [-0.4, -0.2) is 94.4 Å². The Bertz CT molecular complexity index is 1770. The van der Waals surface area contributed by atoms with E-state index in [1.165, 1.54) is 11.0 Å². The number of hydrogen-bond donors (Lipinski definition) is 1. The number of urea groups is 1. The molecule has 218 valence electrons. The summed E-state index contributed by atoms with van der Waals surface area (Å²) in [7, 11) is -0.560. The smallest absolute Gasteiger partial charge is 0.319 e. The number of rotatable bonds is 6. The van der Waals surface area contributed by atoms with Gasteiger partial charge in [-0.05, 0) is 38.8 Å². The Morgan fingerprint density at radius 3 is 2.61 bits per heavy atom. The molecule has 6 rings (SSSR count). The number of hydrogen-bond acceptors (Lipinski definition) is 9. The van der Waals surface area contributed by atoms with Gasteiger partial charge < -0.3 is 14.7 Å². The molecule has 41 heavy (non-hydrogen) atoms. The van der Waals surface area contributed by atoms with Crippen molar-refractivity contribution in [2.45, 2.75) is 49.6 Å². The van der Waals surface area contributed by atoms with Crippen LogP contribution in [-0.2, 0) is 10.0 Å². The highest BCUT2D eigenvalue weighted by molar-refractivity contribution is 7.89. The zero-order valence-corrected chi connectivity index (χ0v) is 24.5. The molecule has 1 aliphatic carbocycles. The molecule has 0 radical (unpaired) electrons. The maximum absolute atomic E-state index is 13.6. The molecule has 1 N–H and O–H groups in total. The maximum Gasteiger partial charge on any atom is 0.319 e. The van der Waals surface area contributed by atoms with Crippen LogP contribution in [0.3, 0.4) is 0 Å². The summed E-state index contributed by atoms with van der Waals surface area (Å²) >= 11 is 0.710. The Morgan fingerprint density at radius 2 is 1.98 bits per heavy atom. The molecule has 1 atom stereocenters. The average Bonchev–Trinajstić information content (AvgIpc) is 3.30. The maximum atomic E-state index is 13.6. The van der Waals surface area contributed by atoms with E-state index in [4.69, 9.17) is 0 Å². The molecule has 12 nitrogen and oxygen atoms in total. The van der Waals surface area contributed by atoms with Crippen molar-refractivity contribution < 1.29 is 22.0 Å². The van der Waals surface area contributed by atoms with E-state index in [1.54, 1.807) is 41.8 Å². The van der Waals surface area contributed by atoms with Crippen LogP contribution in [0.5, 0.6) is 0 Å². The number of nitrogens with one attached hydrogen (secondary N) is 1. The average molecular weight is 606 g/mol. The molecule has 1 saturated carbocycles. The summed E-state index contributed by atoms with van der Waals surface area (Å²) in [4.78, 5) is 22.7. The molecular weight excluding hydrogens is 576 g/mol. The topological polar surface area (TPSA) is 129 Å². The predicted molar refractivity (Wildman–Crippen MR) is 150 cm³/mol. The number of halogens is 2. The van der Waals surface area contributed by atoms with E-state index in [0.29, 0.717) is 53.2 Å². The number of piperazine rings is 1. The molecule has 1 aromatic carbocycles. The lowest BCUT2D eigenvalue weighted by molar-refractivity contribution is 0.147. The fraction of sp³-hybridized carbons (Fsp3) is 0.480. The molecule has 1 aliphatic heterocycles. The van der Waals surface area contributed by atoms with Crippen molar-refractivity contribution in [2.24, 2.45) is 0 Å². The van der Waals surface area contributed by atoms with Crippen LogP contribution >= 0.6 is 11.3 Å². The molecule has 16 heteroatoms. The largest absolute Gasteiger partial charge is 0.366 e. The summed E-state index contributed by atoms with van der Waals surface area (Å²) in [5, 5.41) is 12.1. The van der Waals surface area contributed by atoms with E-state index in [-0.39, 0.29) is 27.7 Å². The molecule has 3 aromatic heterocycles. The lowest BCUT2D eigenvalue weighted by Gasteiger charge is -2.42. The number of fused-ring (bicyclic) bond motifs is 3. The minimum Gasteiger partial charge on any atom is -0.366 e. The molecule has 2 aliphatic rings. The highest BCUT2D eigenvalue weighted by atomic mass is 32.2. The Labute approximate surface area is 239 Å². The molecule has 0 unspecified atom stereocenters. The Kier molecular flexibility index (Phi) is 6.61. The van der Waals surface area contributed by atoms with Gasteiger partial charge in [0, 0.05) is 56.8 Å². The van der Waals surface area contributed by atoms with Crippen molar-refractivity contribution in [1.29, 1.82) is 0 Å². The molecule has 1 saturated heterocycles. The molecule has 0 spiro atoms. The molecular formula is C25H29F2N9O3S2. The van der Waals surface area contributed by atoms with Crippen molar-refractivity contribution >= 4 is 49.6 Å². The zero-order valence-electron chi connectivity index (χ0n) is 22.9. The summed E-state index contributed by atoms with van der Waals surface area (Å²) in [5.74, 6) is 0. The van der Waals surface area contributed by atoms with Crippen molar-refractivity contribution in [2.75, 3.05) is 38.6 Å². The Morgan fingerprint density at radius 1 is 1.22 bits per heavy atom. The van der Waals surface area contributed by atoms with Crippen LogP contribution in [0, 0.1) is 0 Å². The minimum absolute atomic E-state index is 0.0146. The third-order valence-electron chi connectivity index (χ3n) is 7.50. The summed E-state index contributed by atoms with van der Waals surface area (Å²) in [6, 6.07) is 4.51. The first-order chi connectivity index (χ1) is 19.4. The third-order valence-corrected chi connectivity index (χ3v) is 10.1. The lowest BCUT2D eigenvalue weighted by Crippen LogP contribution is -2.56. The van der Waals surface area contributed by atoms with Crippen molar-refractivity contribution in [3.05, 3.63) is 29.4 Å². The lowest BCUT2D eigenvalue weighted by atomic mass is 10.1. The van der Waals surface area contributed by atoms with Gasteiger partial charge in [-0.25, -0.2) is 36.2 Å². The number of aromatic nitrogens is 5. The van der Waals surface area contributed by atoms with E-state index in [1.807, 2.05) is 18.7 Å². The van der Waals surface area contributed by atoms with Gasteiger partial charge >= 0.3 is 6.03 Å². The number of nitrogens with zero attached hydrogens (tertiary/aromatic N) is 8. The van der Waals surface area contributed by atoms with Crippen LogP contribution < -0.4 is 9.62 Å². The second-order valence-corrected chi connectivity index (χ2v) is 13.7. The van der Waals surface area contributed by atoms with Gasteiger partial charge in [-0.1, -0.05) is 11.3 Å². The van der Waals surface area contributed by atoms with Crippen LogP contribution in [0.15, 0.2) is 29.3 Å². The van der Waals surface area contributed by atoms with E-state index in [2.05, 4.69) is 25.0 Å². The second-order valence-electron chi connectivity index (χ2n) is 11.0. The Hall–Kier alpha value is -3.50. The number of amides is 2. The number of anilines is 1. The van der Waals surface area contributed by atoms with Gasteiger partial charge in [-0.2, -0.15) is 5.10 Å². The van der Waals surface area contributed by atoms with Gasteiger partial charge in [0.05, 0.1) is 22.3 Å². The van der Waals surface area contributed by atoms with E-state index in [9.17, 15) is 22.0 Å². The third kappa shape index (κ3) is 4.97. The van der Waals surface area contributed by atoms with Gasteiger partial charge in [0.25, 0.3) is 6.43 Å². The first kappa shape index (κ1) is 27.7. The first-order valence-corrected chi connectivity index (χ1v) is 15.4. The summed E-state index contributed by atoms with van der Waals surface area (Å²) < 4.78 is 58.6. The zero-order chi connectivity index (χ0) is 29.3. The van der Waals surface area contributed by atoms with Crippen LogP contribution in [0.2, 0.25) is 0 Å². The van der Waals surface area contributed by atoms with E-state index < -0.39 is 27.0 Å². The van der Waals surface area contributed by atoms with Gasteiger partial charge in [-0.3, -0.25) is 0 Å². The van der Waals surface area contributed by atoms with E-state index >= 15 is 0 Å².